The summed E-state index contributed by atoms with van der Waals surface area (Å²) >= 11 is 0. The van der Waals surface area contributed by atoms with Gasteiger partial charge in [-0.15, -0.1) is 0 Å². The first kappa shape index (κ1) is 10.5. The zero-order valence-corrected chi connectivity index (χ0v) is 8.42. The maximum atomic E-state index is 7.30. The molecule has 2 unspecified atom stereocenters. The van der Waals surface area contributed by atoms with Crippen LogP contribution in [0.15, 0.2) is 0 Å². The van der Waals surface area contributed by atoms with E-state index in [2.05, 4.69) is 18.7 Å². The van der Waals surface area contributed by atoms with E-state index in [-0.39, 0.29) is 11.9 Å². The molecule has 0 spiro atoms. The van der Waals surface area contributed by atoms with Crippen molar-refractivity contribution in [2.75, 3.05) is 19.7 Å². The zero-order chi connectivity index (χ0) is 9.84. The van der Waals surface area contributed by atoms with Gasteiger partial charge in [0, 0.05) is 19.1 Å². The Labute approximate surface area is 79.6 Å². The molecular formula is C9H19N3O. The largest absolute Gasteiger partial charge is 0.385 e. The van der Waals surface area contributed by atoms with Gasteiger partial charge < -0.3 is 10.5 Å². The van der Waals surface area contributed by atoms with Crippen LogP contribution in [0.2, 0.25) is 0 Å². The first-order valence-electron chi connectivity index (χ1n) is 4.84. The molecule has 2 atom stereocenters. The van der Waals surface area contributed by atoms with Gasteiger partial charge in [-0.2, -0.15) is 0 Å². The summed E-state index contributed by atoms with van der Waals surface area (Å²) in [6.45, 7) is 6.78. The number of hydrogen-bond donors (Lipinski definition) is 2. The summed E-state index contributed by atoms with van der Waals surface area (Å²) in [6.07, 6.45) is 0.938. The summed E-state index contributed by atoms with van der Waals surface area (Å²) < 4.78 is 5.37. The Balaban J connectivity index is 2.46. The summed E-state index contributed by atoms with van der Waals surface area (Å²) in [6, 6.07) is 0.561. The molecular weight excluding hydrogens is 166 g/mol. The summed E-state index contributed by atoms with van der Waals surface area (Å²) in [4.78, 5) is 2.33. The smallest absolute Gasteiger partial charge is 0.127 e. The Bertz CT molecular complexity index is 184. The van der Waals surface area contributed by atoms with Gasteiger partial charge >= 0.3 is 0 Å². The predicted octanol–water partition coefficient (Wildman–Crippen LogP) is 0.422. The average Bonchev–Trinajstić information content (AvgIpc) is 2.17. The van der Waals surface area contributed by atoms with Crippen LogP contribution in [0.3, 0.4) is 0 Å². The maximum Gasteiger partial charge on any atom is 0.127 e. The number of morpholine rings is 1. The van der Waals surface area contributed by atoms with Crippen molar-refractivity contribution in [3.63, 3.8) is 0 Å². The van der Waals surface area contributed by atoms with Gasteiger partial charge in [0.15, 0.2) is 0 Å². The van der Waals surface area contributed by atoms with Crippen molar-refractivity contribution in [1.29, 1.82) is 5.41 Å². The number of nitrogens with one attached hydrogen (secondary N) is 1. The minimum Gasteiger partial charge on any atom is -0.385 e. The Hall–Kier alpha value is -0.610. The third kappa shape index (κ3) is 2.67. The molecule has 1 heterocycles. The predicted molar refractivity (Wildman–Crippen MR) is 53.0 cm³/mol. The molecule has 1 aliphatic rings. The van der Waals surface area contributed by atoms with Gasteiger partial charge in [0.2, 0.25) is 0 Å². The Morgan fingerprint density at radius 3 is 3.00 bits per heavy atom. The van der Waals surface area contributed by atoms with E-state index in [1.807, 2.05) is 0 Å². The fraction of sp³-hybridized carbons (Fsp3) is 0.889. The van der Waals surface area contributed by atoms with Crippen LogP contribution >= 0.6 is 0 Å². The van der Waals surface area contributed by atoms with Crippen molar-refractivity contribution < 1.29 is 4.74 Å². The summed E-state index contributed by atoms with van der Waals surface area (Å²) in [5.41, 5.74) is 5.40. The normalized spacial score (nSPS) is 27.1. The molecule has 4 heteroatoms. The van der Waals surface area contributed by atoms with Gasteiger partial charge in [-0.25, -0.2) is 0 Å². The van der Waals surface area contributed by atoms with E-state index in [1.54, 1.807) is 0 Å². The Morgan fingerprint density at radius 2 is 2.46 bits per heavy atom. The molecule has 0 aromatic rings. The third-order valence-electron chi connectivity index (χ3n) is 2.66. The van der Waals surface area contributed by atoms with E-state index < -0.39 is 0 Å². The average molecular weight is 185 g/mol. The first-order chi connectivity index (χ1) is 6.15. The van der Waals surface area contributed by atoms with E-state index >= 15 is 0 Å². The minimum atomic E-state index is -0.192. The second-order valence-corrected chi connectivity index (χ2v) is 3.57. The zero-order valence-electron chi connectivity index (χ0n) is 8.42. The highest BCUT2D eigenvalue weighted by atomic mass is 16.5. The first-order valence-corrected chi connectivity index (χ1v) is 4.84. The van der Waals surface area contributed by atoms with Crippen LogP contribution in [0.4, 0.5) is 0 Å². The van der Waals surface area contributed by atoms with E-state index in [1.165, 1.54) is 0 Å². The molecule has 0 radical (unpaired) electrons. The van der Waals surface area contributed by atoms with Gasteiger partial charge in [0.1, 0.15) is 11.9 Å². The SMILES string of the molecule is CCC(C)N1CCOC(C(=N)N)C1. The van der Waals surface area contributed by atoms with Crippen molar-refractivity contribution >= 4 is 5.84 Å². The highest BCUT2D eigenvalue weighted by molar-refractivity contribution is 5.82. The molecule has 76 valence electrons. The van der Waals surface area contributed by atoms with Gasteiger partial charge in [-0.3, -0.25) is 10.3 Å². The molecule has 0 aromatic heterocycles. The van der Waals surface area contributed by atoms with Crippen molar-refractivity contribution in [1.82, 2.24) is 4.90 Å². The highest BCUT2D eigenvalue weighted by Crippen LogP contribution is 2.10. The van der Waals surface area contributed by atoms with Gasteiger partial charge in [0.05, 0.1) is 6.61 Å². The highest BCUT2D eigenvalue weighted by Gasteiger charge is 2.24. The molecule has 0 aromatic carbocycles. The van der Waals surface area contributed by atoms with Crippen molar-refractivity contribution in [2.24, 2.45) is 5.73 Å². The monoisotopic (exact) mass is 185 g/mol. The molecule has 3 N–H and O–H groups in total. The van der Waals surface area contributed by atoms with Crippen molar-refractivity contribution in [3.8, 4) is 0 Å². The van der Waals surface area contributed by atoms with Gasteiger partial charge in [-0.05, 0) is 13.3 Å². The lowest BCUT2D eigenvalue weighted by atomic mass is 10.1. The van der Waals surface area contributed by atoms with Crippen LogP contribution in [0.5, 0.6) is 0 Å². The molecule has 1 saturated heterocycles. The molecule has 1 rings (SSSR count). The van der Waals surface area contributed by atoms with Crippen LogP contribution in [0.25, 0.3) is 0 Å². The van der Waals surface area contributed by atoms with Crippen LogP contribution < -0.4 is 5.73 Å². The fourth-order valence-electron chi connectivity index (χ4n) is 1.52. The lowest BCUT2D eigenvalue weighted by Gasteiger charge is -2.35. The second-order valence-electron chi connectivity index (χ2n) is 3.57. The summed E-state index contributed by atoms with van der Waals surface area (Å²) in [5.74, 6) is 0.146. The topological polar surface area (TPSA) is 62.3 Å². The number of ether oxygens (including phenoxy) is 1. The number of amidine groups is 1. The molecule has 0 amide bonds. The van der Waals surface area contributed by atoms with Crippen LogP contribution in [-0.4, -0.2) is 42.6 Å². The van der Waals surface area contributed by atoms with E-state index in [0.29, 0.717) is 12.6 Å². The van der Waals surface area contributed by atoms with E-state index in [4.69, 9.17) is 15.9 Å². The number of nitrogens with zero attached hydrogens (tertiary/aromatic N) is 1. The quantitative estimate of drug-likeness (QED) is 0.495. The van der Waals surface area contributed by atoms with Crippen LogP contribution in [0, 0.1) is 5.41 Å². The molecule has 1 aliphatic heterocycles. The lowest BCUT2D eigenvalue weighted by Crippen LogP contribution is -2.50. The van der Waals surface area contributed by atoms with E-state index in [9.17, 15) is 0 Å². The molecule has 13 heavy (non-hydrogen) atoms. The van der Waals surface area contributed by atoms with Gasteiger partial charge in [0.25, 0.3) is 0 Å². The molecule has 0 bridgehead atoms. The van der Waals surface area contributed by atoms with Crippen molar-refractivity contribution in [2.45, 2.75) is 32.4 Å². The maximum absolute atomic E-state index is 7.30. The van der Waals surface area contributed by atoms with E-state index in [0.717, 1.165) is 19.5 Å². The van der Waals surface area contributed by atoms with Gasteiger partial charge in [-0.1, -0.05) is 6.92 Å². The van der Waals surface area contributed by atoms with Crippen LogP contribution in [-0.2, 0) is 4.74 Å². The molecule has 0 saturated carbocycles. The summed E-state index contributed by atoms with van der Waals surface area (Å²) in [7, 11) is 0. The molecule has 4 nitrogen and oxygen atoms in total. The molecule has 1 fully saturated rings. The number of hydrogen-bond acceptors (Lipinski definition) is 3. The summed E-state index contributed by atoms with van der Waals surface area (Å²) in [5, 5.41) is 7.30. The Kier molecular flexibility index (Phi) is 3.69. The Morgan fingerprint density at radius 1 is 1.77 bits per heavy atom. The molecule has 0 aliphatic carbocycles. The second kappa shape index (κ2) is 4.58. The third-order valence-corrected chi connectivity index (χ3v) is 2.66. The minimum absolute atomic E-state index is 0.146. The van der Waals surface area contributed by atoms with Crippen molar-refractivity contribution in [3.05, 3.63) is 0 Å². The fourth-order valence-corrected chi connectivity index (χ4v) is 1.52. The standard InChI is InChI=1S/C9H19N3O/c1-3-7(2)12-4-5-13-8(6-12)9(10)11/h7-8H,3-6H2,1-2H3,(H3,10,11). The van der Waals surface area contributed by atoms with Crippen LogP contribution in [0.1, 0.15) is 20.3 Å². The number of nitrogens with two attached hydrogens (primary N) is 1. The number of rotatable bonds is 3. The lowest BCUT2D eigenvalue weighted by molar-refractivity contribution is -0.00983.